The van der Waals surface area contributed by atoms with E-state index in [1.165, 1.54) is 0 Å². The van der Waals surface area contributed by atoms with Gasteiger partial charge in [-0.25, -0.2) is 4.98 Å². The van der Waals surface area contributed by atoms with Crippen LogP contribution in [0.3, 0.4) is 0 Å². The SMILES string of the molecule is C#CC(=O)NC1CCC(Nc2ccnc(Nc3cnn(C)c3)n2)CC1. The third-order valence-electron chi connectivity index (χ3n) is 4.16. The minimum atomic E-state index is -0.335. The van der Waals surface area contributed by atoms with Crippen molar-refractivity contribution in [3.63, 3.8) is 0 Å². The van der Waals surface area contributed by atoms with Crippen molar-refractivity contribution in [2.24, 2.45) is 7.05 Å². The van der Waals surface area contributed by atoms with Gasteiger partial charge in [0.05, 0.1) is 11.9 Å². The first-order valence-electron chi connectivity index (χ1n) is 8.25. The number of aromatic nitrogens is 4. The van der Waals surface area contributed by atoms with Crippen LogP contribution in [-0.2, 0) is 11.8 Å². The molecule has 1 saturated carbocycles. The fourth-order valence-corrected chi connectivity index (χ4v) is 2.93. The molecule has 0 atom stereocenters. The number of hydrogen-bond acceptors (Lipinski definition) is 6. The zero-order valence-corrected chi connectivity index (χ0v) is 14.1. The molecule has 0 saturated heterocycles. The molecule has 2 aromatic heterocycles. The van der Waals surface area contributed by atoms with E-state index in [0.29, 0.717) is 12.0 Å². The molecule has 0 aromatic carbocycles. The molecule has 0 spiro atoms. The number of anilines is 3. The van der Waals surface area contributed by atoms with Crippen LogP contribution in [0.15, 0.2) is 24.7 Å². The molecule has 25 heavy (non-hydrogen) atoms. The van der Waals surface area contributed by atoms with Crippen molar-refractivity contribution in [3.05, 3.63) is 24.7 Å². The second-order valence-corrected chi connectivity index (χ2v) is 6.10. The lowest BCUT2D eigenvalue weighted by Gasteiger charge is -2.29. The quantitative estimate of drug-likeness (QED) is 0.713. The number of carbonyl (C=O) groups excluding carboxylic acids is 1. The minimum absolute atomic E-state index is 0.162. The van der Waals surface area contributed by atoms with Gasteiger partial charge in [0.2, 0.25) is 5.95 Å². The summed E-state index contributed by atoms with van der Waals surface area (Å²) in [5, 5.41) is 13.5. The highest BCUT2D eigenvalue weighted by Gasteiger charge is 2.22. The zero-order valence-electron chi connectivity index (χ0n) is 14.1. The molecule has 0 radical (unpaired) electrons. The first-order chi connectivity index (χ1) is 12.1. The maximum Gasteiger partial charge on any atom is 0.295 e. The summed E-state index contributed by atoms with van der Waals surface area (Å²) in [5.41, 5.74) is 0.837. The van der Waals surface area contributed by atoms with Gasteiger partial charge >= 0.3 is 0 Å². The van der Waals surface area contributed by atoms with Gasteiger partial charge in [-0.1, -0.05) is 0 Å². The van der Waals surface area contributed by atoms with Crippen LogP contribution in [-0.4, -0.2) is 37.7 Å². The standard InChI is InChI=1S/C17H21N7O/c1-3-16(25)21-13-6-4-12(5-7-13)20-15-8-9-18-17(23-15)22-14-10-19-24(2)11-14/h1,8-13H,4-7H2,2H3,(H,21,25)(H2,18,20,22,23). The van der Waals surface area contributed by atoms with E-state index in [1.54, 1.807) is 17.1 Å². The highest BCUT2D eigenvalue weighted by atomic mass is 16.1. The number of amides is 1. The Morgan fingerprint density at radius 2 is 2.08 bits per heavy atom. The van der Waals surface area contributed by atoms with Crippen molar-refractivity contribution in [2.75, 3.05) is 10.6 Å². The smallest absolute Gasteiger partial charge is 0.295 e. The summed E-state index contributed by atoms with van der Waals surface area (Å²) in [6.07, 6.45) is 14.1. The van der Waals surface area contributed by atoms with Crippen molar-refractivity contribution in [1.29, 1.82) is 0 Å². The minimum Gasteiger partial charge on any atom is -0.367 e. The summed E-state index contributed by atoms with van der Waals surface area (Å²) >= 11 is 0. The number of nitrogens with one attached hydrogen (secondary N) is 3. The Kier molecular flexibility index (Phi) is 5.14. The highest BCUT2D eigenvalue weighted by Crippen LogP contribution is 2.22. The summed E-state index contributed by atoms with van der Waals surface area (Å²) in [6, 6.07) is 2.33. The Hall–Kier alpha value is -3.08. The summed E-state index contributed by atoms with van der Waals surface area (Å²) in [5.74, 6) is 3.06. The number of rotatable bonds is 5. The molecule has 3 N–H and O–H groups in total. The van der Waals surface area contributed by atoms with Crippen LogP contribution in [0.2, 0.25) is 0 Å². The van der Waals surface area contributed by atoms with E-state index >= 15 is 0 Å². The number of nitrogens with zero attached hydrogens (tertiary/aromatic N) is 4. The normalized spacial score (nSPS) is 19.7. The van der Waals surface area contributed by atoms with Gasteiger partial charge in [0.25, 0.3) is 5.91 Å². The van der Waals surface area contributed by atoms with Gasteiger partial charge in [-0.15, -0.1) is 6.42 Å². The maximum atomic E-state index is 11.2. The predicted molar refractivity (Wildman–Crippen MR) is 95.2 cm³/mol. The number of aryl methyl sites for hydroxylation is 1. The van der Waals surface area contributed by atoms with Crippen LogP contribution >= 0.6 is 0 Å². The zero-order chi connectivity index (χ0) is 17.6. The summed E-state index contributed by atoms with van der Waals surface area (Å²) < 4.78 is 1.71. The molecule has 0 aliphatic heterocycles. The van der Waals surface area contributed by atoms with E-state index in [2.05, 4.69) is 36.9 Å². The molecular weight excluding hydrogens is 318 g/mol. The van der Waals surface area contributed by atoms with Crippen LogP contribution in [0.4, 0.5) is 17.5 Å². The Bertz CT molecular complexity index is 771. The Morgan fingerprint density at radius 1 is 1.32 bits per heavy atom. The summed E-state index contributed by atoms with van der Waals surface area (Å²) in [7, 11) is 1.85. The van der Waals surface area contributed by atoms with Crippen molar-refractivity contribution >= 4 is 23.4 Å². The van der Waals surface area contributed by atoms with E-state index in [4.69, 9.17) is 6.42 Å². The molecule has 1 aliphatic rings. The topological polar surface area (TPSA) is 96.8 Å². The molecule has 8 nitrogen and oxygen atoms in total. The second-order valence-electron chi connectivity index (χ2n) is 6.10. The molecular formula is C17H21N7O. The van der Waals surface area contributed by atoms with Crippen LogP contribution in [0, 0.1) is 12.3 Å². The molecule has 3 rings (SSSR count). The lowest BCUT2D eigenvalue weighted by molar-refractivity contribution is -0.116. The highest BCUT2D eigenvalue weighted by molar-refractivity contribution is 5.93. The molecule has 8 heteroatoms. The Morgan fingerprint density at radius 3 is 2.76 bits per heavy atom. The molecule has 0 unspecified atom stereocenters. The predicted octanol–water partition coefficient (Wildman–Crippen LogP) is 1.43. The lowest BCUT2D eigenvalue weighted by Crippen LogP contribution is -2.39. The maximum absolute atomic E-state index is 11.2. The summed E-state index contributed by atoms with van der Waals surface area (Å²) in [6.45, 7) is 0. The van der Waals surface area contributed by atoms with Crippen LogP contribution in [0.25, 0.3) is 0 Å². The fraction of sp³-hybridized carbons (Fsp3) is 0.412. The fourth-order valence-electron chi connectivity index (χ4n) is 2.93. The third-order valence-corrected chi connectivity index (χ3v) is 4.16. The molecule has 2 aromatic rings. The second kappa shape index (κ2) is 7.66. The van der Waals surface area contributed by atoms with Crippen LogP contribution in [0.5, 0.6) is 0 Å². The molecule has 1 amide bonds. The van der Waals surface area contributed by atoms with E-state index in [0.717, 1.165) is 37.2 Å². The monoisotopic (exact) mass is 339 g/mol. The molecule has 2 heterocycles. The Balaban J connectivity index is 1.53. The van der Waals surface area contributed by atoms with Crippen molar-refractivity contribution in [3.8, 4) is 12.3 Å². The van der Waals surface area contributed by atoms with Gasteiger partial charge in [0, 0.05) is 31.5 Å². The molecule has 1 fully saturated rings. The average molecular weight is 339 g/mol. The van der Waals surface area contributed by atoms with Gasteiger partial charge < -0.3 is 16.0 Å². The van der Waals surface area contributed by atoms with Gasteiger partial charge in [-0.05, 0) is 37.7 Å². The number of terminal acetylenes is 1. The van der Waals surface area contributed by atoms with Crippen molar-refractivity contribution < 1.29 is 4.79 Å². The largest absolute Gasteiger partial charge is 0.367 e. The Labute approximate surface area is 146 Å². The van der Waals surface area contributed by atoms with Gasteiger partial charge in [0.15, 0.2) is 0 Å². The van der Waals surface area contributed by atoms with E-state index in [9.17, 15) is 4.79 Å². The first kappa shape index (κ1) is 16.8. The number of carbonyl (C=O) groups is 1. The van der Waals surface area contributed by atoms with Crippen molar-refractivity contribution in [2.45, 2.75) is 37.8 Å². The number of hydrogen-bond donors (Lipinski definition) is 3. The van der Waals surface area contributed by atoms with Crippen LogP contribution in [0.1, 0.15) is 25.7 Å². The lowest BCUT2D eigenvalue weighted by atomic mass is 9.91. The average Bonchev–Trinajstić information content (AvgIpc) is 3.01. The molecule has 1 aliphatic carbocycles. The van der Waals surface area contributed by atoms with Crippen molar-refractivity contribution in [1.82, 2.24) is 25.1 Å². The van der Waals surface area contributed by atoms with E-state index < -0.39 is 0 Å². The summed E-state index contributed by atoms with van der Waals surface area (Å²) in [4.78, 5) is 20.0. The third kappa shape index (κ3) is 4.70. The van der Waals surface area contributed by atoms with Gasteiger partial charge in [-0.3, -0.25) is 9.48 Å². The van der Waals surface area contributed by atoms with E-state index in [-0.39, 0.29) is 11.9 Å². The first-order valence-corrected chi connectivity index (χ1v) is 8.25. The molecule has 130 valence electrons. The van der Waals surface area contributed by atoms with Gasteiger partial charge in [0.1, 0.15) is 5.82 Å². The van der Waals surface area contributed by atoms with Crippen LogP contribution < -0.4 is 16.0 Å². The van der Waals surface area contributed by atoms with Gasteiger partial charge in [-0.2, -0.15) is 10.1 Å². The molecule has 0 bridgehead atoms. The van der Waals surface area contributed by atoms with E-state index in [1.807, 2.05) is 19.3 Å².